The summed E-state index contributed by atoms with van der Waals surface area (Å²) in [7, 11) is 0. The van der Waals surface area contributed by atoms with Gasteiger partial charge in [-0.05, 0) is 43.4 Å². The van der Waals surface area contributed by atoms with E-state index in [4.69, 9.17) is 9.47 Å². The molecule has 1 saturated heterocycles. The van der Waals surface area contributed by atoms with Gasteiger partial charge in [-0.25, -0.2) is 9.97 Å². The Labute approximate surface area is 130 Å². The second-order valence-electron chi connectivity index (χ2n) is 5.54. The molecule has 3 rings (SSSR count). The van der Waals surface area contributed by atoms with E-state index < -0.39 is 0 Å². The van der Waals surface area contributed by atoms with Crippen LogP contribution in [0.1, 0.15) is 18.4 Å². The lowest BCUT2D eigenvalue weighted by Gasteiger charge is -2.22. The molecule has 0 spiro atoms. The third-order valence-corrected chi connectivity index (χ3v) is 3.83. The molecular weight excluding hydrogens is 278 g/mol. The number of hydrogen-bond donors (Lipinski definition) is 1. The van der Waals surface area contributed by atoms with Gasteiger partial charge in [0.05, 0.1) is 6.61 Å². The molecule has 1 aromatic heterocycles. The predicted molar refractivity (Wildman–Crippen MR) is 85.5 cm³/mol. The third kappa shape index (κ3) is 3.95. The summed E-state index contributed by atoms with van der Waals surface area (Å²) < 4.78 is 11.4. The highest BCUT2D eigenvalue weighted by Gasteiger charge is 2.15. The van der Waals surface area contributed by atoms with Crippen molar-refractivity contribution in [2.24, 2.45) is 5.92 Å². The molecule has 0 amide bonds. The van der Waals surface area contributed by atoms with E-state index in [-0.39, 0.29) is 0 Å². The molecule has 1 aliphatic rings. The van der Waals surface area contributed by atoms with Crippen LogP contribution in [0.5, 0.6) is 5.75 Å². The smallest absolute Gasteiger partial charge is 0.227 e. The Morgan fingerprint density at radius 3 is 2.77 bits per heavy atom. The van der Waals surface area contributed by atoms with Crippen molar-refractivity contribution in [3.05, 3.63) is 42.2 Å². The summed E-state index contributed by atoms with van der Waals surface area (Å²) in [4.78, 5) is 8.34. The van der Waals surface area contributed by atoms with Crippen LogP contribution in [0.2, 0.25) is 0 Å². The minimum Gasteiger partial charge on any atom is -0.493 e. The Morgan fingerprint density at radius 1 is 1.23 bits per heavy atom. The van der Waals surface area contributed by atoms with Gasteiger partial charge in [0.15, 0.2) is 0 Å². The van der Waals surface area contributed by atoms with Crippen molar-refractivity contribution < 1.29 is 9.47 Å². The fourth-order valence-corrected chi connectivity index (χ4v) is 2.45. The summed E-state index contributed by atoms with van der Waals surface area (Å²) in [5.74, 6) is 2.08. The van der Waals surface area contributed by atoms with Gasteiger partial charge in [-0.3, -0.25) is 0 Å². The van der Waals surface area contributed by atoms with Gasteiger partial charge in [0, 0.05) is 37.4 Å². The molecule has 0 radical (unpaired) electrons. The molecule has 0 aliphatic carbocycles. The first-order chi connectivity index (χ1) is 10.8. The van der Waals surface area contributed by atoms with Gasteiger partial charge in [-0.15, -0.1) is 0 Å². The summed E-state index contributed by atoms with van der Waals surface area (Å²) in [5, 5.41) is 3.19. The van der Waals surface area contributed by atoms with Gasteiger partial charge in [-0.1, -0.05) is 6.07 Å². The van der Waals surface area contributed by atoms with E-state index in [2.05, 4.69) is 22.2 Å². The first-order valence-corrected chi connectivity index (χ1v) is 7.66. The normalized spacial score (nSPS) is 15.5. The number of ether oxygens (including phenoxy) is 2. The second-order valence-corrected chi connectivity index (χ2v) is 5.54. The van der Waals surface area contributed by atoms with Crippen molar-refractivity contribution in [2.45, 2.75) is 19.8 Å². The standard InChI is InChI=1S/C17H21N3O2/c1-13-3-4-15(20-17-18-7-2-8-19-17)11-16(13)22-12-14-5-9-21-10-6-14/h2-4,7-8,11,14H,5-6,9-10,12H2,1H3,(H,18,19,20). The maximum atomic E-state index is 6.02. The van der Waals surface area contributed by atoms with E-state index in [9.17, 15) is 0 Å². The molecule has 0 saturated carbocycles. The largest absolute Gasteiger partial charge is 0.493 e. The Bertz CT molecular complexity index is 598. The lowest BCUT2D eigenvalue weighted by atomic mass is 10.0. The lowest BCUT2D eigenvalue weighted by Crippen LogP contribution is -2.21. The SMILES string of the molecule is Cc1ccc(Nc2ncccn2)cc1OCC1CCOCC1. The van der Waals surface area contributed by atoms with E-state index in [1.807, 2.05) is 18.2 Å². The molecule has 5 nitrogen and oxygen atoms in total. The Kier molecular flexibility index (Phi) is 4.85. The number of anilines is 2. The number of nitrogens with one attached hydrogen (secondary N) is 1. The topological polar surface area (TPSA) is 56.3 Å². The van der Waals surface area contributed by atoms with Crippen LogP contribution in [-0.2, 0) is 4.74 Å². The van der Waals surface area contributed by atoms with Gasteiger partial charge >= 0.3 is 0 Å². The van der Waals surface area contributed by atoms with Crippen LogP contribution in [0.3, 0.4) is 0 Å². The predicted octanol–water partition coefficient (Wildman–Crippen LogP) is 3.33. The van der Waals surface area contributed by atoms with Gasteiger partial charge < -0.3 is 14.8 Å². The zero-order chi connectivity index (χ0) is 15.2. The third-order valence-electron chi connectivity index (χ3n) is 3.83. The van der Waals surface area contributed by atoms with Crippen LogP contribution >= 0.6 is 0 Å². The summed E-state index contributed by atoms with van der Waals surface area (Å²) in [5.41, 5.74) is 2.06. The zero-order valence-electron chi connectivity index (χ0n) is 12.8. The average Bonchev–Trinajstić information content (AvgIpc) is 2.57. The highest BCUT2D eigenvalue weighted by Crippen LogP contribution is 2.25. The molecule has 2 heterocycles. The fourth-order valence-electron chi connectivity index (χ4n) is 2.45. The van der Waals surface area contributed by atoms with Crippen molar-refractivity contribution in [3.63, 3.8) is 0 Å². The van der Waals surface area contributed by atoms with Crippen LogP contribution in [0.4, 0.5) is 11.6 Å². The molecule has 22 heavy (non-hydrogen) atoms. The Balaban J connectivity index is 1.64. The quantitative estimate of drug-likeness (QED) is 0.917. The van der Waals surface area contributed by atoms with E-state index in [0.29, 0.717) is 11.9 Å². The van der Waals surface area contributed by atoms with Gasteiger partial charge in [0.25, 0.3) is 0 Å². The molecule has 2 aromatic rings. The summed E-state index contributed by atoms with van der Waals surface area (Å²) in [6.07, 6.45) is 5.59. The van der Waals surface area contributed by atoms with Crippen molar-refractivity contribution in [2.75, 3.05) is 25.1 Å². The molecule has 0 atom stereocenters. The fraction of sp³-hybridized carbons (Fsp3) is 0.412. The molecule has 1 N–H and O–H groups in total. The van der Waals surface area contributed by atoms with Gasteiger partial charge in [-0.2, -0.15) is 0 Å². The van der Waals surface area contributed by atoms with E-state index in [1.54, 1.807) is 18.5 Å². The molecule has 5 heteroatoms. The van der Waals surface area contributed by atoms with E-state index in [0.717, 1.165) is 49.7 Å². The number of aromatic nitrogens is 2. The maximum absolute atomic E-state index is 6.02. The van der Waals surface area contributed by atoms with Crippen LogP contribution in [0.25, 0.3) is 0 Å². The number of hydrogen-bond acceptors (Lipinski definition) is 5. The number of benzene rings is 1. The second kappa shape index (κ2) is 7.22. The summed E-state index contributed by atoms with van der Waals surface area (Å²) >= 11 is 0. The molecule has 0 unspecified atom stereocenters. The van der Waals surface area contributed by atoms with E-state index in [1.165, 1.54) is 0 Å². The minimum absolute atomic E-state index is 0.585. The Morgan fingerprint density at radius 2 is 2.00 bits per heavy atom. The number of rotatable bonds is 5. The average molecular weight is 299 g/mol. The maximum Gasteiger partial charge on any atom is 0.227 e. The summed E-state index contributed by atoms with van der Waals surface area (Å²) in [6, 6.07) is 7.85. The van der Waals surface area contributed by atoms with Crippen molar-refractivity contribution in [3.8, 4) is 5.75 Å². The van der Waals surface area contributed by atoms with Crippen molar-refractivity contribution >= 4 is 11.6 Å². The van der Waals surface area contributed by atoms with Gasteiger partial charge in [0.1, 0.15) is 5.75 Å². The molecule has 1 aliphatic heterocycles. The number of nitrogens with zero attached hydrogens (tertiary/aromatic N) is 2. The first-order valence-electron chi connectivity index (χ1n) is 7.66. The molecule has 1 fully saturated rings. The van der Waals surface area contributed by atoms with Crippen LogP contribution in [-0.4, -0.2) is 29.8 Å². The van der Waals surface area contributed by atoms with E-state index >= 15 is 0 Å². The first kappa shape index (κ1) is 14.8. The van der Waals surface area contributed by atoms with Crippen LogP contribution in [0, 0.1) is 12.8 Å². The van der Waals surface area contributed by atoms with Crippen molar-refractivity contribution in [1.82, 2.24) is 9.97 Å². The highest BCUT2D eigenvalue weighted by molar-refractivity contribution is 5.57. The highest BCUT2D eigenvalue weighted by atomic mass is 16.5. The molecule has 1 aromatic carbocycles. The molecule has 0 bridgehead atoms. The van der Waals surface area contributed by atoms with Gasteiger partial charge in [0.2, 0.25) is 5.95 Å². The number of aryl methyl sites for hydroxylation is 1. The summed E-state index contributed by atoms with van der Waals surface area (Å²) in [6.45, 7) is 4.50. The molecule has 116 valence electrons. The minimum atomic E-state index is 0.585. The van der Waals surface area contributed by atoms with Crippen LogP contribution in [0.15, 0.2) is 36.7 Å². The zero-order valence-corrected chi connectivity index (χ0v) is 12.8. The molecular formula is C17H21N3O2. The monoisotopic (exact) mass is 299 g/mol. The van der Waals surface area contributed by atoms with Crippen molar-refractivity contribution in [1.29, 1.82) is 0 Å². The van der Waals surface area contributed by atoms with Crippen LogP contribution < -0.4 is 10.1 Å². The lowest BCUT2D eigenvalue weighted by molar-refractivity contribution is 0.0496. The Hall–Kier alpha value is -2.14.